The van der Waals surface area contributed by atoms with Gasteiger partial charge in [0.2, 0.25) is 0 Å². The summed E-state index contributed by atoms with van der Waals surface area (Å²) in [5, 5.41) is 11.2. The fourth-order valence-corrected chi connectivity index (χ4v) is 2.05. The number of rotatable bonds is 2. The number of carbonyl (C=O) groups is 1. The Morgan fingerprint density at radius 2 is 1.73 bits per heavy atom. The van der Waals surface area contributed by atoms with E-state index >= 15 is 0 Å². The number of phenolic OH excluding ortho intramolecular Hbond substituents is 1. The molecule has 4 N–H and O–H groups in total. The Morgan fingerprint density at radius 3 is 2.35 bits per heavy atom. The fraction of sp³-hybridized carbons (Fsp3) is 0.0667. The number of carbonyl (C=O) groups excluding carboxylic acids is 1. The largest absolute Gasteiger partial charge is 0.508 e. The second kappa shape index (κ2) is 7.52. The molecule has 0 saturated carbocycles. The second-order valence-corrected chi connectivity index (χ2v) is 5.29. The summed E-state index contributed by atoms with van der Waals surface area (Å²) in [6.45, 7) is 0. The summed E-state index contributed by atoms with van der Waals surface area (Å²) >= 11 is 4.76. The Kier molecular flexibility index (Phi) is 5.60. The molecule has 0 saturated heterocycles. The molecule has 0 atom stereocenters. The third kappa shape index (κ3) is 4.79. The Bertz CT molecular complexity index is 858. The highest BCUT2D eigenvalue weighted by Gasteiger charge is 2.35. The van der Waals surface area contributed by atoms with Crippen molar-refractivity contribution in [3.8, 4) is 5.75 Å². The lowest BCUT2D eigenvalue weighted by Crippen LogP contribution is -2.44. The van der Waals surface area contributed by atoms with Crippen molar-refractivity contribution in [3.63, 3.8) is 0 Å². The molecule has 0 aliphatic heterocycles. The number of hydrogen-bond donors (Lipinski definition) is 4. The smallest absolute Gasteiger partial charge is 0.417 e. The second-order valence-electron chi connectivity index (χ2n) is 4.89. The quantitative estimate of drug-likeness (QED) is 0.359. The summed E-state index contributed by atoms with van der Waals surface area (Å²) in [5.74, 6) is -3.56. The van der Waals surface area contributed by atoms with Crippen molar-refractivity contribution in [2.75, 3.05) is 5.32 Å². The van der Waals surface area contributed by atoms with Crippen LogP contribution in [0.3, 0.4) is 0 Å². The molecule has 0 aliphatic carbocycles. The minimum Gasteiger partial charge on any atom is -0.508 e. The van der Waals surface area contributed by atoms with E-state index in [-0.39, 0.29) is 10.8 Å². The number of nitrogens with one attached hydrogen (secondary N) is 3. The summed E-state index contributed by atoms with van der Waals surface area (Å²) in [7, 11) is 0. The highest BCUT2D eigenvalue weighted by Crippen LogP contribution is 2.33. The molecule has 2 aromatic rings. The number of alkyl halides is 3. The molecular weight excluding hydrogens is 381 g/mol. The van der Waals surface area contributed by atoms with Gasteiger partial charge in [-0.25, -0.2) is 8.78 Å². The van der Waals surface area contributed by atoms with Crippen LogP contribution in [0.5, 0.6) is 5.75 Å². The minimum atomic E-state index is -4.82. The van der Waals surface area contributed by atoms with Gasteiger partial charge in [0.05, 0.1) is 16.8 Å². The zero-order chi connectivity index (χ0) is 19.5. The van der Waals surface area contributed by atoms with Crippen LogP contribution in [0.15, 0.2) is 36.4 Å². The van der Waals surface area contributed by atoms with Gasteiger partial charge >= 0.3 is 6.18 Å². The van der Waals surface area contributed by atoms with Crippen molar-refractivity contribution < 1.29 is 31.9 Å². The topological polar surface area (TPSA) is 73.4 Å². The summed E-state index contributed by atoms with van der Waals surface area (Å²) in [4.78, 5) is 11.9. The maximum Gasteiger partial charge on any atom is 0.417 e. The number of amides is 1. The van der Waals surface area contributed by atoms with Gasteiger partial charge in [-0.1, -0.05) is 0 Å². The number of aromatic hydroxyl groups is 1. The SMILES string of the molecule is O=C(NNC(=S)Nc1ccc(F)cc1F)c1cc(O)ccc1C(F)(F)F. The third-order valence-corrected chi connectivity index (χ3v) is 3.23. The first-order valence-electron chi connectivity index (χ1n) is 6.80. The lowest BCUT2D eigenvalue weighted by molar-refractivity contribution is -0.137. The van der Waals surface area contributed by atoms with E-state index in [2.05, 4.69) is 10.7 Å². The molecule has 1 amide bonds. The predicted octanol–water partition coefficient (Wildman–Crippen LogP) is 3.32. The van der Waals surface area contributed by atoms with Gasteiger partial charge in [-0.3, -0.25) is 15.6 Å². The predicted molar refractivity (Wildman–Crippen MR) is 86.3 cm³/mol. The van der Waals surface area contributed by atoms with Gasteiger partial charge in [0, 0.05) is 6.07 Å². The first kappa shape index (κ1) is 19.4. The van der Waals surface area contributed by atoms with Gasteiger partial charge in [0.15, 0.2) is 5.11 Å². The zero-order valence-electron chi connectivity index (χ0n) is 12.6. The minimum absolute atomic E-state index is 0.216. The molecule has 0 bridgehead atoms. The highest BCUT2D eigenvalue weighted by atomic mass is 32.1. The molecular formula is C15H10F5N3O2S. The molecule has 0 aromatic heterocycles. The van der Waals surface area contributed by atoms with E-state index in [1.165, 1.54) is 0 Å². The van der Waals surface area contributed by atoms with Crippen molar-refractivity contribution >= 4 is 28.9 Å². The van der Waals surface area contributed by atoms with E-state index in [0.29, 0.717) is 18.2 Å². The van der Waals surface area contributed by atoms with E-state index in [1.807, 2.05) is 5.43 Å². The van der Waals surface area contributed by atoms with E-state index in [9.17, 15) is 31.9 Å². The van der Waals surface area contributed by atoms with Gasteiger partial charge in [-0.2, -0.15) is 13.2 Å². The van der Waals surface area contributed by atoms with Gasteiger partial charge < -0.3 is 10.4 Å². The molecule has 0 aliphatic rings. The van der Waals surface area contributed by atoms with Crippen LogP contribution in [-0.4, -0.2) is 16.1 Å². The summed E-state index contributed by atoms with van der Waals surface area (Å²) in [5.41, 5.74) is 1.64. The Labute approximate surface area is 148 Å². The standard InChI is InChI=1S/C15H10F5N3O2S/c16-7-1-4-12(11(17)5-7)21-14(26)23-22-13(25)9-6-8(24)2-3-10(9)15(18,19)20/h1-6,24H,(H,22,25)(H2,21,23,26). The lowest BCUT2D eigenvalue weighted by Gasteiger charge is -2.15. The van der Waals surface area contributed by atoms with Crippen molar-refractivity contribution in [1.29, 1.82) is 0 Å². The molecule has 0 heterocycles. The summed E-state index contributed by atoms with van der Waals surface area (Å²) < 4.78 is 65.0. The summed E-state index contributed by atoms with van der Waals surface area (Å²) in [6.07, 6.45) is -4.82. The molecule has 0 spiro atoms. The first-order valence-corrected chi connectivity index (χ1v) is 7.21. The molecule has 2 rings (SSSR count). The van der Waals surface area contributed by atoms with E-state index in [0.717, 1.165) is 18.2 Å². The zero-order valence-corrected chi connectivity index (χ0v) is 13.4. The Hall–Kier alpha value is -2.95. The number of hydrazine groups is 1. The van der Waals surface area contributed by atoms with Crippen LogP contribution in [0.2, 0.25) is 0 Å². The number of thiocarbonyl (C=S) groups is 1. The molecule has 0 unspecified atom stereocenters. The first-order chi connectivity index (χ1) is 12.1. The average Bonchev–Trinajstić information content (AvgIpc) is 2.54. The molecule has 11 heteroatoms. The number of hydrogen-bond acceptors (Lipinski definition) is 3. The normalized spacial score (nSPS) is 11.0. The highest BCUT2D eigenvalue weighted by molar-refractivity contribution is 7.80. The molecule has 0 fully saturated rings. The summed E-state index contributed by atoms with van der Waals surface area (Å²) in [6, 6.07) is 4.56. The van der Waals surface area contributed by atoms with Gasteiger partial charge in [0.25, 0.3) is 5.91 Å². The van der Waals surface area contributed by atoms with Gasteiger partial charge in [0.1, 0.15) is 17.4 Å². The van der Waals surface area contributed by atoms with Crippen molar-refractivity contribution in [2.45, 2.75) is 6.18 Å². The van der Waals surface area contributed by atoms with Crippen molar-refractivity contribution in [2.24, 2.45) is 0 Å². The monoisotopic (exact) mass is 391 g/mol. The van der Waals surface area contributed by atoms with E-state index in [4.69, 9.17) is 12.2 Å². The van der Waals surface area contributed by atoms with Crippen LogP contribution in [-0.2, 0) is 6.18 Å². The van der Waals surface area contributed by atoms with Crippen LogP contribution < -0.4 is 16.2 Å². The van der Waals surface area contributed by atoms with Gasteiger partial charge in [-0.05, 0) is 42.5 Å². The number of halogens is 5. The molecule has 0 radical (unpaired) electrons. The van der Waals surface area contributed by atoms with Crippen LogP contribution in [0.25, 0.3) is 0 Å². The maximum atomic E-state index is 13.5. The van der Waals surface area contributed by atoms with E-state index < -0.39 is 40.6 Å². The molecule has 138 valence electrons. The number of benzene rings is 2. The molecule has 2 aromatic carbocycles. The van der Waals surface area contributed by atoms with Gasteiger partial charge in [-0.15, -0.1) is 0 Å². The number of anilines is 1. The van der Waals surface area contributed by atoms with Crippen molar-refractivity contribution in [1.82, 2.24) is 10.9 Å². The Morgan fingerprint density at radius 1 is 1.04 bits per heavy atom. The van der Waals surface area contributed by atoms with Crippen molar-refractivity contribution in [3.05, 3.63) is 59.2 Å². The molecule has 5 nitrogen and oxygen atoms in total. The van der Waals surface area contributed by atoms with Crippen LogP contribution in [0.1, 0.15) is 15.9 Å². The fourth-order valence-electron chi connectivity index (χ4n) is 1.89. The van der Waals surface area contributed by atoms with Crippen LogP contribution in [0.4, 0.5) is 27.6 Å². The van der Waals surface area contributed by atoms with E-state index in [1.54, 1.807) is 0 Å². The lowest BCUT2D eigenvalue weighted by atomic mass is 10.1. The number of phenols is 1. The average molecular weight is 391 g/mol. The maximum absolute atomic E-state index is 13.5. The molecule has 26 heavy (non-hydrogen) atoms. The van der Waals surface area contributed by atoms with Crippen LogP contribution in [0, 0.1) is 11.6 Å². The van der Waals surface area contributed by atoms with Crippen LogP contribution >= 0.6 is 12.2 Å². The Balaban J connectivity index is 2.07. The third-order valence-electron chi connectivity index (χ3n) is 3.02.